The number of carbonyl (C=O) groups is 1. The van der Waals surface area contributed by atoms with Crippen LogP contribution in [0.4, 0.5) is 10.6 Å². The molecule has 7 nitrogen and oxygen atoms in total. The lowest BCUT2D eigenvalue weighted by molar-refractivity contribution is 0.237. The molecule has 0 saturated carbocycles. The first-order valence-electron chi connectivity index (χ1n) is 7.60. The summed E-state index contributed by atoms with van der Waals surface area (Å²) in [4.78, 5) is 18.7. The fourth-order valence-corrected chi connectivity index (χ4v) is 2.87. The Bertz CT molecular complexity index is 624. The van der Waals surface area contributed by atoms with E-state index in [9.17, 15) is 4.79 Å². The average Bonchev–Trinajstić information content (AvgIpc) is 3.16. The van der Waals surface area contributed by atoms with Crippen LogP contribution >= 0.6 is 11.3 Å². The van der Waals surface area contributed by atoms with E-state index in [0.717, 1.165) is 24.5 Å². The van der Waals surface area contributed by atoms with Crippen molar-refractivity contribution in [2.45, 2.75) is 32.4 Å². The van der Waals surface area contributed by atoms with Gasteiger partial charge in [-0.2, -0.15) is 5.10 Å². The van der Waals surface area contributed by atoms with E-state index in [4.69, 9.17) is 0 Å². The largest absolute Gasteiger partial charge is 0.326 e. The van der Waals surface area contributed by atoms with Gasteiger partial charge in [0.25, 0.3) is 0 Å². The number of nitrogens with one attached hydrogen (secondary N) is 2. The van der Waals surface area contributed by atoms with Gasteiger partial charge in [0.1, 0.15) is 5.01 Å². The van der Waals surface area contributed by atoms with E-state index in [0.29, 0.717) is 5.82 Å². The van der Waals surface area contributed by atoms with Crippen molar-refractivity contribution in [2.24, 2.45) is 0 Å². The third kappa shape index (κ3) is 4.77. The monoisotopic (exact) mass is 336 g/mol. The Hall–Kier alpha value is -1.93. The minimum atomic E-state index is -0.480. The van der Waals surface area contributed by atoms with Crippen LogP contribution < -0.4 is 10.6 Å². The van der Waals surface area contributed by atoms with Crippen LogP contribution in [0.25, 0.3) is 0 Å². The first-order chi connectivity index (χ1) is 10.9. The number of carbonyl (C=O) groups excluding carboxylic acids is 1. The molecule has 0 aliphatic heterocycles. The van der Waals surface area contributed by atoms with Crippen molar-refractivity contribution < 1.29 is 4.79 Å². The van der Waals surface area contributed by atoms with E-state index in [1.165, 1.54) is 11.3 Å². The van der Waals surface area contributed by atoms with E-state index in [1.807, 2.05) is 44.2 Å². The highest BCUT2D eigenvalue weighted by Gasteiger charge is 2.29. The van der Waals surface area contributed by atoms with Crippen LogP contribution in [-0.4, -0.2) is 46.3 Å². The molecule has 0 aliphatic carbocycles. The van der Waals surface area contributed by atoms with Crippen molar-refractivity contribution >= 4 is 23.2 Å². The van der Waals surface area contributed by atoms with Gasteiger partial charge in [-0.15, -0.1) is 11.3 Å². The third-order valence-electron chi connectivity index (χ3n) is 3.66. The molecule has 0 bridgehead atoms. The highest BCUT2D eigenvalue weighted by molar-refractivity contribution is 7.09. The quantitative estimate of drug-likeness (QED) is 0.814. The number of hydrogen-bond donors (Lipinski definition) is 2. The SMILES string of the molecule is CC[C@@](C)(NC(=O)Nc1ccn(CCN(C)C)n1)c1nccs1. The lowest BCUT2D eigenvalue weighted by atomic mass is 10.0. The summed E-state index contributed by atoms with van der Waals surface area (Å²) in [6.07, 6.45) is 4.37. The molecule has 0 aromatic carbocycles. The second kappa shape index (κ2) is 7.56. The summed E-state index contributed by atoms with van der Waals surface area (Å²) in [7, 11) is 4.03. The summed E-state index contributed by atoms with van der Waals surface area (Å²) in [6.45, 7) is 5.67. The lowest BCUT2D eigenvalue weighted by Gasteiger charge is -2.27. The van der Waals surface area contributed by atoms with Crippen molar-refractivity contribution in [3.63, 3.8) is 0 Å². The maximum atomic E-state index is 12.3. The lowest BCUT2D eigenvalue weighted by Crippen LogP contribution is -2.45. The van der Waals surface area contributed by atoms with Gasteiger partial charge in [-0.3, -0.25) is 10.00 Å². The molecule has 1 atom stereocenters. The number of nitrogens with zero attached hydrogens (tertiary/aromatic N) is 4. The smallest absolute Gasteiger partial charge is 0.321 e. The second-order valence-electron chi connectivity index (χ2n) is 5.87. The number of rotatable bonds is 7. The second-order valence-corrected chi connectivity index (χ2v) is 6.76. The Kier molecular flexibility index (Phi) is 5.73. The maximum Gasteiger partial charge on any atom is 0.321 e. The van der Waals surface area contributed by atoms with Crippen LogP contribution in [0.3, 0.4) is 0 Å². The number of thiazole rings is 1. The van der Waals surface area contributed by atoms with Crippen LogP contribution in [0.1, 0.15) is 25.3 Å². The molecule has 2 amide bonds. The van der Waals surface area contributed by atoms with Crippen LogP contribution in [0.5, 0.6) is 0 Å². The van der Waals surface area contributed by atoms with Crippen molar-refractivity contribution in [3.05, 3.63) is 28.8 Å². The van der Waals surface area contributed by atoms with Crippen LogP contribution in [0.2, 0.25) is 0 Å². The van der Waals surface area contributed by atoms with E-state index in [-0.39, 0.29) is 6.03 Å². The van der Waals surface area contributed by atoms with Gasteiger partial charge >= 0.3 is 6.03 Å². The Morgan fingerprint density at radius 3 is 2.87 bits per heavy atom. The highest BCUT2D eigenvalue weighted by atomic mass is 32.1. The predicted octanol–water partition coefficient (Wildman–Crippen LogP) is 2.35. The molecule has 2 rings (SSSR count). The van der Waals surface area contributed by atoms with Gasteiger partial charge in [-0.25, -0.2) is 9.78 Å². The normalized spacial score (nSPS) is 13.8. The zero-order valence-electron chi connectivity index (χ0n) is 14.0. The summed E-state index contributed by atoms with van der Waals surface area (Å²) >= 11 is 1.54. The topological polar surface area (TPSA) is 75.1 Å². The number of likely N-dealkylation sites (N-methyl/N-ethyl adjacent to an activating group) is 1. The molecule has 2 aromatic rings. The highest BCUT2D eigenvalue weighted by Crippen LogP contribution is 2.26. The number of aromatic nitrogens is 3. The molecule has 0 aliphatic rings. The molecular formula is C15H24N6OS. The fraction of sp³-hybridized carbons (Fsp3) is 0.533. The van der Waals surface area contributed by atoms with Crippen LogP contribution in [0, 0.1) is 0 Å². The van der Waals surface area contributed by atoms with Crippen LogP contribution in [0.15, 0.2) is 23.8 Å². The van der Waals surface area contributed by atoms with E-state index >= 15 is 0 Å². The summed E-state index contributed by atoms with van der Waals surface area (Å²) in [6, 6.07) is 1.52. The van der Waals surface area contributed by atoms with E-state index < -0.39 is 5.54 Å². The zero-order valence-corrected chi connectivity index (χ0v) is 14.9. The standard InChI is InChI=1S/C15H24N6OS/c1-5-15(2,13-16-7-11-23-13)18-14(22)17-12-6-8-21(19-12)10-9-20(3)4/h6-8,11H,5,9-10H2,1-4H3,(H2,17,18,19,22)/t15-/m1/s1. The van der Waals surface area contributed by atoms with Crippen molar-refractivity contribution in [3.8, 4) is 0 Å². The molecule has 2 heterocycles. The molecule has 2 N–H and O–H groups in total. The van der Waals surface area contributed by atoms with Crippen molar-refractivity contribution in [1.82, 2.24) is 25.0 Å². The van der Waals surface area contributed by atoms with Crippen molar-refractivity contribution in [1.29, 1.82) is 0 Å². The minimum absolute atomic E-state index is 0.276. The average molecular weight is 336 g/mol. The number of anilines is 1. The van der Waals surface area contributed by atoms with E-state index in [2.05, 4.69) is 25.6 Å². The van der Waals surface area contributed by atoms with E-state index in [1.54, 1.807) is 12.3 Å². The van der Waals surface area contributed by atoms with Gasteiger partial charge < -0.3 is 10.2 Å². The molecule has 8 heteroatoms. The van der Waals surface area contributed by atoms with Gasteiger partial charge in [-0.1, -0.05) is 6.92 Å². The molecule has 0 unspecified atom stereocenters. The molecule has 126 valence electrons. The van der Waals surface area contributed by atoms with Crippen molar-refractivity contribution in [2.75, 3.05) is 26.0 Å². The molecular weight excluding hydrogens is 312 g/mol. The Balaban J connectivity index is 1.94. The van der Waals surface area contributed by atoms with Crippen LogP contribution in [-0.2, 0) is 12.1 Å². The first kappa shape index (κ1) is 17.4. The summed E-state index contributed by atoms with van der Waals surface area (Å²) in [5, 5.41) is 12.9. The number of amides is 2. The zero-order chi connectivity index (χ0) is 16.9. The summed E-state index contributed by atoms with van der Waals surface area (Å²) in [5.74, 6) is 0.541. The molecule has 2 aromatic heterocycles. The number of urea groups is 1. The molecule has 23 heavy (non-hydrogen) atoms. The Morgan fingerprint density at radius 1 is 1.48 bits per heavy atom. The van der Waals surface area contributed by atoms with Gasteiger partial charge in [0.2, 0.25) is 0 Å². The van der Waals surface area contributed by atoms with Gasteiger partial charge in [0.05, 0.1) is 12.1 Å². The molecule has 0 fully saturated rings. The minimum Gasteiger partial charge on any atom is -0.326 e. The first-order valence-corrected chi connectivity index (χ1v) is 8.48. The maximum absolute atomic E-state index is 12.3. The Labute approximate surface area is 140 Å². The molecule has 0 spiro atoms. The molecule has 0 radical (unpaired) electrons. The summed E-state index contributed by atoms with van der Waals surface area (Å²) < 4.78 is 1.81. The summed E-state index contributed by atoms with van der Waals surface area (Å²) in [5.41, 5.74) is -0.480. The molecule has 0 saturated heterocycles. The Morgan fingerprint density at radius 2 is 2.26 bits per heavy atom. The fourth-order valence-electron chi connectivity index (χ4n) is 2.04. The third-order valence-corrected chi connectivity index (χ3v) is 4.70. The predicted molar refractivity (Wildman–Crippen MR) is 92.7 cm³/mol. The van der Waals surface area contributed by atoms with Gasteiger partial charge in [0, 0.05) is 30.4 Å². The van der Waals surface area contributed by atoms with Gasteiger partial charge in [-0.05, 0) is 27.4 Å². The number of hydrogen-bond acceptors (Lipinski definition) is 5. The van der Waals surface area contributed by atoms with Gasteiger partial charge in [0.15, 0.2) is 5.82 Å².